The van der Waals surface area contributed by atoms with Gasteiger partial charge >= 0.3 is 0 Å². The molecular formula is C9H26O6. The Balaban J connectivity index is -0.0000000542. The highest BCUT2D eigenvalue weighted by Crippen LogP contribution is 1.56. The Morgan fingerprint density at radius 1 is 0.467 bits per heavy atom. The van der Waals surface area contributed by atoms with Gasteiger partial charge in [-0.25, -0.2) is 0 Å². The van der Waals surface area contributed by atoms with E-state index in [0.717, 1.165) is 0 Å². The average molecular weight is 230 g/mol. The molecule has 0 aliphatic rings. The van der Waals surface area contributed by atoms with Crippen molar-refractivity contribution in [1.82, 2.24) is 0 Å². The summed E-state index contributed by atoms with van der Waals surface area (Å²) in [7, 11) is 0. The van der Waals surface area contributed by atoms with Crippen LogP contribution in [0.15, 0.2) is 0 Å². The highest BCUT2D eigenvalue weighted by Gasteiger charge is 1.58. The Hall–Kier alpha value is -0.240. The average Bonchev–Trinajstić information content (AvgIpc) is 2.30. The van der Waals surface area contributed by atoms with E-state index >= 15 is 0 Å². The second-order valence-corrected chi connectivity index (χ2v) is 2.05. The Morgan fingerprint density at radius 2 is 0.533 bits per heavy atom. The first-order valence-electron chi connectivity index (χ1n) is 4.81. The van der Waals surface area contributed by atoms with E-state index in [4.69, 9.17) is 30.6 Å². The molecule has 0 aromatic carbocycles. The normalized spacial score (nSPS) is 7.20. The molecule has 6 N–H and O–H groups in total. The van der Waals surface area contributed by atoms with Crippen LogP contribution in [0, 0.1) is 0 Å². The number of aliphatic hydroxyl groups excluding tert-OH is 6. The maximum Gasteiger partial charge on any atom is 0.0662 e. The van der Waals surface area contributed by atoms with E-state index in [2.05, 4.69) is 13.8 Å². The minimum Gasteiger partial charge on any atom is -0.394 e. The predicted octanol–water partition coefficient (Wildman–Crippen LogP) is -1.67. The summed E-state index contributed by atoms with van der Waals surface area (Å²) in [6, 6.07) is 0. The van der Waals surface area contributed by atoms with Gasteiger partial charge in [-0.05, 0) is 0 Å². The summed E-state index contributed by atoms with van der Waals surface area (Å²) < 4.78 is 0. The fourth-order valence-electron chi connectivity index (χ4n) is 0. The molecule has 0 saturated carbocycles. The third-order valence-corrected chi connectivity index (χ3v) is 0.300. The molecule has 0 saturated heterocycles. The largest absolute Gasteiger partial charge is 0.394 e. The predicted molar refractivity (Wildman–Crippen MR) is 58.5 cm³/mol. The van der Waals surface area contributed by atoms with Gasteiger partial charge in [0.2, 0.25) is 0 Å². The van der Waals surface area contributed by atoms with Crippen molar-refractivity contribution in [2.24, 2.45) is 0 Å². The van der Waals surface area contributed by atoms with Crippen LogP contribution in [0.5, 0.6) is 0 Å². The van der Waals surface area contributed by atoms with Crippen LogP contribution in [0.4, 0.5) is 0 Å². The maximum absolute atomic E-state index is 7.62. The van der Waals surface area contributed by atoms with Crippen LogP contribution in [0.3, 0.4) is 0 Å². The molecule has 0 spiro atoms. The molecule has 6 heteroatoms. The molecule has 6 nitrogen and oxygen atoms in total. The topological polar surface area (TPSA) is 121 Å². The Kier molecular flexibility index (Phi) is 78.9. The first-order valence-corrected chi connectivity index (χ1v) is 4.81. The van der Waals surface area contributed by atoms with Crippen LogP contribution >= 0.6 is 0 Å². The zero-order valence-corrected chi connectivity index (χ0v) is 9.63. The molecule has 0 fully saturated rings. The summed E-state index contributed by atoms with van der Waals surface area (Å²) in [5.74, 6) is 0. The third kappa shape index (κ3) is 250. The zero-order valence-electron chi connectivity index (χ0n) is 9.63. The van der Waals surface area contributed by atoms with Gasteiger partial charge in [0.1, 0.15) is 0 Å². The van der Waals surface area contributed by atoms with Gasteiger partial charge in [-0.3, -0.25) is 0 Å². The monoisotopic (exact) mass is 230 g/mol. The van der Waals surface area contributed by atoms with Gasteiger partial charge in [-0.15, -0.1) is 0 Å². The molecule has 0 aliphatic heterocycles. The summed E-state index contributed by atoms with van der Waals surface area (Å²) in [5, 5.41) is 45.8. The minimum atomic E-state index is -0.125. The first-order chi connectivity index (χ1) is 7.16. The number of aliphatic hydroxyl groups is 6. The lowest BCUT2D eigenvalue weighted by atomic mass is 10.6. The molecule has 0 heterocycles. The fraction of sp³-hybridized carbons (Fsp3) is 1.00. The van der Waals surface area contributed by atoms with E-state index in [-0.39, 0.29) is 39.6 Å². The Morgan fingerprint density at radius 3 is 0.533 bits per heavy atom. The van der Waals surface area contributed by atoms with Crippen molar-refractivity contribution >= 4 is 0 Å². The minimum absolute atomic E-state index is 0.125. The van der Waals surface area contributed by atoms with E-state index < -0.39 is 0 Å². The molecule has 0 aromatic heterocycles. The van der Waals surface area contributed by atoms with Crippen LogP contribution in [0.2, 0.25) is 0 Å². The second kappa shape index (κ2) is 49.0. The summed E-state index contributed by atoms with van der Waals surface area (Å²) in [6.07, 6.45) is 1.25. The molecule has 0 bridgehead atoms. The quantitative estimate of drug-likeness (QED) is 0.345. The van der Waals surface area contributed by atoms with Gasteiger partial charge in [0.15, 0.2) is 0 Å². The van der Waals surface area contributed by atoms with Crippen molar-refractivity contribution in [3.05, 3.63) is 0 Å². The number of hydrogen-bond donors (Lipinski definition) is 6. The molecule has 98 valence electrons. The fourth-order valence-corrected chi connectivity index (χ4v) is 0. The molecule has 0 unspecified atom stereocenters. The van der Waals surface area contributed by atoms with Gasteiger partial charge in [-0.2, -0.15) is 0 Å². The molecule has 0 amide bonds. The highest BCUT2D eigenvalue weighted by molar-refractivity contribution is 4.07. The molecule has 0 atom stereocenters. The van der Waals surface area contributed by atoms with Crippen LogP contribution in [-0.4, -0.2) is 70.3 Å². The van der Waals surface area contributed by atoms with E-state index in [1.807, 2.05) is 0 Å². The number of rotatable bonds is 3. The van der Waals surface area contributed by atoms with Crippen molar-refractivity contribution in [3.8, 4) is 0 Å². The lowest BCUT2D eigenvalue weighted by molar-refractivity contribution is 0.186. The lowest BCUT2D eigenvalue weighted by Crippen LogP contribution is -1.85. The summed E-state index contributed by atoms with van der Waals surface area (Å²) in [6.45, 7) is 3.50. The van der Waals surface area contributed by atoms with Crippen molar-refractivity contribution in [2.45, 2.75) is 20.3 Å². The van der Waals surface area contributed by atoms with E-state index in [1.165, 1.54) is 6.42 Å². The van der Waals surface area contributed by atoms with Crippen molar-refractivity contribution in [2.75, 3.05) is 39.6 Å². The summed E-state index contributed by atoms with van der Waals surface area (Å²) in [5.41, 5.74) is 0. The van der Waals surface area contributed by atoms with E-state index in [1.54, 1.807) is 0 Å². The van der Waals surface area contributed by atoms with Gasteiger partial charge in [-0.1, -0.05) is 20.3 Å². The van der Waals surface area contributed by atoms with E-state index in [9.17, 15) is 0 Å². The SMILES string of the molecule is CCC.OCCO.OCCO.OCCO. The summed E-state index contributed by atoms with van der Waals surface area (Å²) >= 11 is 0. The van der Waals surface area contributed by atoms with Crippen LogP contribution in [0.1, 0.15) is 20.3 Å². The maximum atomic E-state index is 7.62. The van der Waals surface area contributed by atoms with Crippen molar-refractivity contribution in [1.29, 1.82) is 0 Å². The third-order valence-electron chi connectivity index (χ3n) is 0.300. The van der Waals surface area contributed by atoms with Crippen LogP contribution < -0.4 is 0 Å². The molecular weight excluding hydrogens is 204 g/mol. The van der Waals surface area contributed by atoms with Crippen molar-refractivity contribution < 1.29 is 30.6 Å². The van der Waals surface area contributed by atoms with Crippen molar-refractivity contribution in [3.63, 3.8) is 0 Å². The first kappa shape index (κ1) is 24.1. The van der Waals surface area contributed by atoms with Crippen LogP contribution in [-0.2, 0) is 0 Å². The molecule has 0 radical (unpaired) electrons. The second-order valence-electron chi connectivity index (χ2n) is 2.05. The Bertz CT molecular complexity index is 38.4. The molecule has 15 heavy (non-hydrogen) atoms. The lowest BCUT2D eigenvalue weighted by Gasteiger charge is -1.70. The van der Waals surface area contributed by atoms with Gasteiger partial charge in [0, 0.05) is 0 Å². The van der Waals surface area contributed by atoms with E-state index in [0.29, 0.717) is 0 Å². The highest BCUT2D eigenvalue weighted by atomic mass is 16.3. The van der Waals surface area contributed by atoms with Crippen LogP contribution in [0.25, 0.3) is 0 Å². The number of hydrogen-bond acceptors (Lipinski definition) is 6. The summed E-state index contributed by atoms with van der Waals surface area (Å²) in [4.78, 5) is 0. The van der Waals surface area contributed by atoms with Gasteiger partial charge in [0.25, 0.3) is 0 Å². The van der Waals surface area contributed by atoms with Gasteiger partial charge in [0.05, 0.1) is 39.6 Å². The molecule has 0 rings (SSSR count). The Labute approximate surface area is 91.4 Å². The standard InChI is InChI=1S/C3H8.3C2H6O2/c1-3-2;3*3-1-2-4/h3H2,1-2H3;3*3-4H,1-2H2. The molecule has 0 aliphatic carbocycles. The van der Waals surface area contributed by atoms with Gasteiger partial charge < -0.3 is 30.6 Å². The molecule has 0 aromatic rings. The zero-order chi connectivity index (χ0) is 12.9. The smallest absolute Gasteiger partial charge is 0.0662 e.